The molecule has 4 rings (SSSR count). The van der Waals surface area contributed by atoms with Crippen LogP contribution in [0.1, 0.15) is 15.4 Å². The van der Waals surface area contributed by atoms with Crippen LogP contribution in [0.15, 0.2) is 54.6 Å². The minimum Gasteiger partial charge on any atom is -0.477 e. The molecule has 2 aromatic carbocycles. The van der Waals surface area contributed by atoms with Gasteiger partial charge in [-0.25, -0.2) is 9.78 Å². The Hall–Kier alpha value is -3.72. The summed E-state index contributed by atoms with van der Waals surface area (Å²) in [5.41, 5.74) is 1.97. The fourth-order valence-electron chi connectivity index (χ4n) is 3.33. The molecule has 0 saturated heterocycles. The lowest BCUT2D eigenvalue weighted by Crippen LogP contribution is -2.51. The highest BCUT2D eigenvalue weighted by Crippen LogP contribution is 2.33. The number of esters is 1. The van der Waals surface area contributed by atoms with E-state index in [4.69, 9.17) is 9.47 Å². The number of likely N-dealkylation sites (N-methyl/N-ethyl adjacent to an activating group) is 1. The molecule has 1 atom stereocenters. The number of nitrogens with one attached hydrogen (secondary N) is 1. The second-order valence-corrected chi connectivity index (χ2v) is 8.07. The Morgan fingerprint density at radius 1 is 1.16 bits per heavy atom. The van der Waals surface area contributed by atoms with Gasteiger partial charge in [-0.15, -0.1) is 11.3 Å². The molecule has 1 N–H and O–H groups in total. The zero-order valence-corrected chi connectivity index (χ0v) is 18.3. The zero-order chi connectivity index (χ0) is 22.7. The number of aromatic nitrogens is 1. The fraction of sp³-hybridized carbons (Fsp3) is 0.217. The number of rotatable bonds is 5. The topological polar surface area (TPSA) is 97.8 Å². The largest absolute Gasteiger partial charge is 0.477 e. The Bertz CT molecular complexity index is 1160. The van der Waals surface area contributed by atoms with Crippen molar-refractivity contribution in [2.24, 2.45) is 0 Å². The van der Waals surface area contributed by atoms with Crippen LogP contribution in [0.3, 0.4) is 0 Å². The number of carbonyl (C=O) groups is 3. The van der Waals surface area contributed by atoms with Crippen LogP contribution in [0.2, 0.25) is 0 Å². The average Bonchev–Trinajstić information content (AvgIpc) is 3.23. The summed E-state index contributed by atoms with van der Waals surface area (Å²) < 4.78 is 11.0. The number of hydrogen-bond acceptors (Lipinski definition) is 7. The molecule has 1 aliphatic rings. The molecule has 1 unspecified atom stereocenters. The second-order valence-electron chi connectivity index (χ2n) is 7.07. The van der Waals surface area contributed by atoms with Crippen molar-refractivity contribution in [3.05, 3.63) is 65.2 Å². The maximum absolute atomic E-state index is 12.9. The smallest absolute Gasteiger partial charge is 0.350 e. The van der Waals surface area contributed by atoms with E-state index in [1.54, 1.807) is 31.2 Å². The first-order valence-electron chi connectivity index (χ1n) is 9.95. The maximum atomic E-state index is 12.9. The summed E-state index contributed by atoms with van der Waals surface area (Å²) in [6.45, 7) is 1.28. The average molecular weight is 452 g/mol. The van der Waals surface area contributed by atoms with Gasteiger partial charge < -0.3 is 19.7 Å². The first-order valence-corrected chi connectivity index (χ1v) is 10.8. The third-order valence-corrected chi connectivity index (χ3v) is 6.13. The molecule has 2 heterocycles. The second kappa shape index (κ2) is 9.19. The third kappa shape index (κ3) is 4.33. The number of carbonyl (C=O) groups excluding carboxylic acids is 3. The van der Waals surface area contributed by atoms with Crippen LogP contribution in [-0.4, -0.2) is 49.1 Å². The van der Waals surface area contributed by atoms with E-state index in [2.05, 4.69) is 10.3 Å². The van der Waals surface area contributed by atoms with E-state index in [1.807, 2.05) is 30.3 Å². The molecule has 0 spiro atoms. The summed E-state index contributed by atoms with van der Waals surface area (Å²) in [6, 6.07) is 16.4. The normalized spacial score (nSPS) is 14.8. The van der Waals surface area contributed by atoms with Crippen molar-refractivity contribution in [3.8, 4) is 16.3 Å². The van der Waals surface area contributed by atoms with Crippen LogP contribution >= 0.6 is 11.3 Å². The molecule has 0 radical (unpaired) electrons. The van der Waals surface area contributed by atoms with Gasteiger partial charge in [0.2, 0.25) is 0 Å². The number of benzene rings is 2. The van der Waals surface area contributed by atoms with Gasteiger partial charge in [-0.2, -0.15) is 0 Å². The molecular formula is C23H21N3O5S. The van der Waals surface area contributed by atoms with Crippen molar-refractivity contribution in [2.45, 2.75) is 13.0 Å². The van der Waals surface area contributed by atoms with Crippen molar-refractivity contribution >= 4 is 34.8 Å². The van der Waals surface area contributed by atoms with Crippen LogP contribution in [0, 0.1) is 6.92 Å². The summed E-state index contributed by atoms with van der Waals surface area (Å²) in [6.07, 6.45) is -0.855. The minimum absolute atomic E-state index is 0.0187. The summed E-state index contributed by atoms with van der Waals surface area (Å²) in [5, 5.41) is 3.23. The van der Waals surface area contributed by atoms with E-state index in [9.17, 15) is 14.4 Å². The van der Waals surface area contributed by atoms with E-state index in [1.165, 1.54) is 23.3 Å². The van der Waals surface area contributed by atoms with Gasteiger partial charge in [0.25, 0.3) is 11.8 Å². The van der Waals surface area contributed by atoms with Gasteiger partial charge in [-0.3, -0.25) is 9.59 Å². The molecule has 9 heteroatoms. The van der Waals surface area contributed by atoms with Crippen LogP contribution in [0.5, 0.6) is 5.75 Å². The SMILES string of the molecule is CNC(=O)C1CN(C(=O)COC(=O)c2sc(-c3ccccc3)nc2C)c2ccccc2O1. The number of amides is 2. The summed E-state index contributed by atoms with van der Waals surface area (Å²) in [7, 11) is 1.50. The van der Waals surface area contributed by atoms with Gasteiger partial charge in [0.05, 0.1) is 17.9 Å². The lowest BCUT2D eigenvalue weighted by atomic mass is 10.1. The molecule has 3 aromatic rings. The summed E-state index contributed by atoms with van der Waals surface area (Å²) in [5.74, 6) is -0.991. The standard InChI is InChI=1S/C23H21N3O5S/c1-14-20(32-22(25-14)15-8-4-3-5-9-15)23(29)30-13-19(27)26-12-18(21(28)24-2)31-17-11-7-6-10-16(17)26/h3-11,18H,12-13H2,1-2H3,(H,24,28). The molecule has 8 nitrogen and oxygen atoms in total. The minimum atomic E-state index is -0.855. The van der Waals surface area contributed by atoms with Crippen molar-refractivity contribution < 1.29 is 23.9 Å². The summed E-state index contributed by atoms with van der Waals surface area (Å²) >= 11 is 1.22. The van der Waals surface area contributed by atoms with Gasteiger partial charge in [-0.1, -0.05) is 42.5 Å². The van der Waals surface area contributed by atoms with E-state index in [0.717, 1.165) is 5.56 Å². The third-order valence-electron chi connectivity index (χ3n) is 4.94. The zero-order valence-electron chi connectivity index (χ0n) is 17.5. The molecule has 0 saturated carbocycles. The van der Waals surface area contributed by atoms with Gasteiger partial charge in [0.15, 0.2) is 12.7 Å². The number of thiazole rings is 1. The Kier molecular flexibility index (Phi) is 6.18. The number of para-hydroxylation sites is 2. The van der Waals surface area contributed by atoms with Gasteiger partial charge >= 0.3 is 5.97 Å². The molecular weight excluding hydrogens is 430 g/mol. The molecule has 0 bridgehead atoms. The van der Waals surface area contributed by atoms with E-state index in [-0.39, 0.29) is 12.5 Å². The number of hydrogen-bond donors (Lipinski definition) is 1. The molecule has 1 aromatic heterocycles. The van der Waals surface area contributed by atoms with Crippen molar-refractivity contribution in [3.63, 3.8) is 0 Å². The van der Waals surface area contributed by atoms with Crippen molar-refractivity contribution in [1.82, 2.24) is 10.3 Å². The predicted octanol–water partition coefficient (Wildman–Crippen LogP) is 2.82. The first-order chi connectivity index (χ1) is 15.5. The van der Waals surface area contributed by atoms with E-state index >= 15 is 0 Å². The van der Waals surface area contributed by atoms with Gasteiger partial charge in [0.1, 0.15) is 15.6 Å². The highest BCUT2D eigenvalue weighted by molar-refractivity contribution is 7.17. The Morgan fingerprint density at radius 3 is 2.62 bits per heavy atom. The number of fused-ring (bicyclic) bond motifs is 1. The van der Waals surface area contributed by atoms with Crippen LogP contribution < -0.4 is 15.0 Å². The number of ether oxygens (including phenoxy) is 2. The Balaban J connectivity index is 1.47. The lowest BCUT2D eigenvalue weighted by Gasteiger charge is -2.33. The molecule has 164 valence electrons. The van der Waals surface area contributed by atoms with Gasteiger partial charge in [0, 0.05) is 12.6 Å². The van der Waals surface area contributed by atoms with Crippen molar-refractivity contribution in [1.29, 1.82) is 0 Å². The molecule has 1 aliphatic heterocycles. The number of aryl methyl sites for hydroxylation is 1. The molecule has 0 aliphatic carbocycles. The Labute approximate surface area is 188 Å². The first kappa shape index (κ1) is 21.5. The monoisotopic (exact) mass is 451 g/mol. The summed E-state index contributed by atoms with van der Waals surface area (Å²) in [4.78, 5) is 43.9. The van der Waals surface area contributed by atoms with Gasteiger partial charge in [-0.05, 0) is 19.1 Å². The van der Waals surface area contributed by atoms with E-state index in [0.29, 0.717) is 27.0 Å². The Morgan fingerprint density at radius 2 is 1.88 bits per heavy atom. The molecule has 0 fully saturated rings. The maximum Gasteiger partial charge on any atom is 0.350 e. The quantitative estimate of drug-likeness (QED) is 0.599. The highest BCUT2D eigenvalue weighted by Gasteiger charge is 2.33. The van der Waals surface area contributed by atoms with Crippen LogP contribution in [-0.2, 0) is 14.3 Å². The van der Waals surface area contributed by atoms with Crippen LogP contribution in [0.25, 0.3) is 10.6 Å². The molecule has 2 amide bonds. The van der Waals surface area contributed by atoms with E-state index < -0.39 is 24.6 Å². The number of anilines is 1. The van der Waals surface area contributed by atoms with Crippen LogP contribution in [0.4, 0.5) is 5.69 Å². The fourth-order valence-corrected chi connectivity index (χ4v) is 4.29. The lowest BCUT2D eigenvalue weighted by molar-refractivity contribution is -0.128. The molecule has 32 heavy (non-hydrogen) atoms. The predicted molar refractivity (Wildman–Crippen MR) is 120 cm³/mol. The number of nitrogens with zero attached hydrogens (tertiary/aromatic N) is 2. The highest BCUT2D eigenvalue weighted by atomic mass is 32.1. The van der Waals surface area contributed by atoms with Crippen molar-refractivity contribution in [2.75, 3.05) is 25.1 Å².